The van der Waals surface area contributed by atoms with E-state index in [0.29, 0.717) is 10.7 Å². The summed E-state index contributed by atoms with van der Waals surface area (Å²) in [7, 11) is -3.91. The molecule has 0 atom stereocenters. The Morgan fingerprint density at radius 3 is 2.59 bits per heavy atom. The van der Waals surface area contributed by atoms with Crippen LogP contribution in [0, 0.1) is 0 Å². The highest BCUT2D eigenvalue weighted by atomic mass is 35.5. The highest BCUT2D eigenvalue weighted by Crippen LogP contribution is 2.19. The Morgan fingerprint density at radius 1 is 1.19 bits per heavy atom. The van der Waals surface area contributed by atoms with Gasteiger partial charge in [0, 0.05) is 10.7 Å². The van der Waals surface area contributed by atoms with Crippen molar-refractivity contribution in [1.29, 1.82) is 0 Å². The summed E-state index contributed by atoms with van der Waals surface area (Å²) < 4.78 is 32.4. The molecule has 0 aliphatic carbocycles. The standard InChI is InChI=1S/C16H13ClN4O5S/c17-11-4-6-12(7-5-11)21-27(24,25)13-3-1-2-10(8-13)15(22)26-9-14-18-16(23)20-19-14/h1-8,21H,9H2,(H2,18,19,20,23). The average molecular weight is 409 g/mol. The monoisotopic (exact) mass is 408 g/mol. The van der Waals surface area contributed by atoms with E-state index in [2.05, 4.69) is 19.9 Å². The maximum absolute atomic E-state index is 12.5. The Balaban J connectivity index is 1.74. The Bertz CT molecular complexity index is 1120. The number of sulfonamides is 1. The number of aromatic amines is 2. The molecule has 0 amide bonds. The number of halogens is 1. The van der Waals surface area contributed by atoms with E-state index in [0.717, 1.165) is 0 Å². The van der Waals surface area contributed by atoms with E-state index in [9.17, 15) is 18.0 Å². The molecule has 27 heavy (non-hydrogen) atoms. The number of nitrogens with zero attached hydrogens (tertiary/aromatic N) is 1. The van der Waals surface area contributed by atoms with Gasteiger partial charge in [-0.3, -0.25) is 9.71 Å². The number of H-pyrrole nitrogens is 2. The summed E-state index contributed by atoms with van der Waals surface area (Å²) in [5, 5.41) is 6.22. The highest BCUT2D eigenvalue weighted by Gasteiger charge is 2.17. The number of rotatable bonds is 6. The molecule has 11 heteroatoms. The van der Waals surface area contributed by atoms with E-state index in [-0.39, 0.29) is 22.9 Å². The molecule has 0 bridgehead atoms. The lowest BCUT2D eigenvalue weighted by molar-refractivity contribution is 0.0462. The summed E-state index contributed by atoms with van der Waals surface area (Å²) in [4.78, 5) is 25.3. The van der Waals surface area contributed by atoms with Crippen molar-refractivity contribution in [2.45, 2.75) is 11.5 Å². The maximum Gasteiger partial charge on any atom is 0.340 e. The number of ether oxygens (including phenoxy) is 1. The molecule has 0 spiro atoms. The largest absolute Gasteiger partial charge is 0.454 e. The van der Waals surface area contributed by atoms with Crippen LogP contribution in [0.15, 0.2) is 58.2 Å². The lowest BCUT2D eigenvalue weighted by atomic mass is 10.2. The Hall–Kier alpha value is -3.11. The second-order valence-corrected chi connectivity index (χ2v) is 7.46. The first-order valence-corrected chi connectivity index (χ1v) is 9.39. The van der Waals surface area contributed by atoms with Crippen LogP contribution in [-0.2, 0) is 21.4 Å². The summed E-state index contributed by atoms with van der Waals surface area (Å²) in [6.45, 7) is -0.266. The third-order valence-electron chi connectivity index (χ3n) is 3.37. The molecule has 0 fully saturated rings. The molecule has 140 valence electrons. The van der Waals surface area contributed by atoms with Crippen LogP contribution in [-0.4, -0.2) is 29.6 Å². The maximum atomic E-state index is 12.5. The summed E-state index contributed by atoms with van der Waals surface area (Å²) in [5.74, 6) is -0.621. The van der Waals surface area contributed by atoms with Crippen LogP contribution in [0.25, 0.3) is 0 Å². The topological polar surface area (TPSA) is 134 Å². The second-order valence-electron chi connectivity index (χ2n) is 5.34. The molecule has 3 N–H and O–H groups in total. The molecule has 2 aromatic carbocycles. The zero-order chi connectivity index (χ0) is 19.4. The van der Waals surface area contributed by atoms with Crippen molar-refractivity contribution in [3.8, 4) is 0 Å². The number of anilines is 1. The van der Waals surface area contributed by atoms with Gasteiger partial charge in [0.1, 0.15) is 0 Å². The number of carbonyl (C=O) groups is 1. The molecule has 0 saturated heterocycles. The van der Waals surface area contributed by atoms with Crippen LogP contribution in [0.5, 0.6) is 0 Å². The van der Waals surface area contributed by atoms with E-state index in [1.54, 1.807) is 12.1 Å². The Labute approximate surface area is 158 Å². The van der Waals surface area contributed by atoms with E-state index < -0.39 is 21.7 Å². The van der Waals surface area contributed by atoms with Crippen molar-refractivity contribution in [3.63, 3.8) is 0 Å². The van der Waals surface area contributed by atoms with Gasteiger partial charge in [-0.25, -0.2) is 23.1 Å². The quantitative estimate of drug-likeness (QED) is 0.533. The molecule has 3 rings (SSSR count). The zero-order valence-electron chi connectivity index (χ0n) is 13.6. The van der Waals surface area contributed by atoms with Gasteiger partial charge in [-0.05, 0) is 42.5 Å². The van der Waals surface area contributed by atoms with Gasteiger partial charge >= 0.3 is 11.7 Å². The zero-order valence-corrected chi connectivity index (χ0v) is 15.2. The first kappa shape index (κ1) is 18.7. The fourth-order valence-electron chi connectivity index (χ4n) is 2.11. The van der Waals surface area contributed by atoms with Crippen molar-refractivity contribution >= 4 is 33.3 Å². The van der Waals surface area contributed by atoms with Gasteiger partial charge in [-0.15, -0.1) is 0 Å². The minimum absolute atomic E-state index is 0.0341. The van der Waals surface area contributed by atoms with Gasteiger partial charge in [-0.1, -0.05) is 17.7 Å². The van der Waals surface area contributed by atoms with Crippen LogP contribution in [0.4, 0.5) is 5.69 Å². The molecule has 0 aliphatic heterocycles. The predicted molar refractivity (Wildman–Crippen MR) is 97.0 cm³/mol. The summed E-state index contributed by atoms with van der Waals surface area (Å²) in [6.07, 6.45) is 0. The molecule has 0 radical (unpaired) electrons. The molecule has 1 heterocycles. The molecule has 0 aliphatic rings. The van der Waals surface area contributed by atoms with Crippen molar-refractivity contribution < 1.29 is 17.9 Å². The SMILES string of the molecule is O=C(OCc1n[nH]c(=O)[nH]1)c1cccc(S(=O)(=O)Nc2ccc(Cl)cc2)c1. The molecule has 0 saturated carbocycles. The second kappa shape index (κ2) is 7.64. The Kier molecular flexibility index (Phi) is 5.28. The molecule has 1 aromatic heterocycles. The number of esters is 1. The lowest BCUT2D eigenvalue weighted by Gasteiger charge is -2.09. The van der Waals surface area contributed by atoms with Crippen molar-refractivity contribution in [2.24, 2.45) is 0 Å². The minimum Gasteiger partial charge on any atom is -0.454 e. The lowest BCUT2D eigenvalue weighted by Crippen LogP contribution is -2.14. The van der Waals surface area contributed by atoms with Gasteiger partial charge in [0.15, 0.2) is 12.4 Å². The Morgan fingerprint density at radius 2 is 1.93 bits per heavy atom. The third kappa shape index (κ3) is 4.74. The van der Waals surface area contributed by atoms with Crippen LogP contribution < -0.4 is 10.4 Å². The average Bonchev–Trinajstić information content (AvgIpc) is 3.07. The summed E-state index contributed by atoms with van der Waals surface area (Å²) in [5.41, 5.74) is -0.163. The molecule has 0 unspecified atom stereocenters. The number of hydrogen-bond donors (Lipinski definition) is 3. The van der Waals surface area contributed by atoms with Crippen LogP contribution in [0.2, 0.25) is 5.02 Å². The van der Waals surface area contributed by atoms with Crippen LogP contribution in [0.1, 0.15) is 16.2 Å². The van der Waals surface area contributed by atoms with Gasteiger partial charge in [0.05, 0.1) is 10.5 Å². The number of carbonyl (C=O) groups excluding carboxylic acids is 1. The summed E-state index contributed by atoms with van der Waals surface area (Å²) >= 11 is 5.78. The first-order chi connectivity index (χ1) is 12.8. The van der Waals surface area contributed by atoms with E-state index in [1.165, 1.54) is 36.4 Å². The van der Waals surface area contributed by atoms with Crippen molar-refractivity contribution in [1.82, 2.24) is 15.2 Å². The van der Waals surface area contributed by atoms with Gasteiger partial charge in [-0.2, -0.15) is 5.10 Å². The molecular weight excluding hydrogens is 396 g/mol. The molecular formula is C16H13ClN4O5S. The van der Waals surface area contributed by atoms with E-state index >= 15 is 0 Å². The molecule has 9 nitrogen and oxygen atoms in total. The van der Waals surface area contributed by atoms with Crippen molar-refractivity contribution in [3.05, 3.63) is 75.4 Å². The number of benzene rings is 2. The third-order valence-corrected chi connectivity index (χ3v) is 5.00. The van der Waals surface area contributed by atoms with Crippen LogP contribution in [0.3, 0.4) is 0 Å². The van der Waals surface area contributed by atoms with Gasteiger partial charge in [0.25, 0.3) is 10.0 Å². The summed E-state index contributed by atoms with van der Waals surface area (Å²) in [6, 6.07) is 11.5. The number of hydrogen-bond acceptors (Lipinski definition) is 6. The van der Waals surface area contributed by atoms with Gasteiger partial charge < -0.3 is 4.74 Å². The number of aromatic nitrogens is 3. The first-order valence-electron chi connectivity index (χ1n) is 7.53. The van der Waals surface area contributed by atoms with Crippen LogP contribution >= 0.6 is 11.6 Å². The fourth-order valence-corrected chi connectivity index (χ4v) is 3.34. The number of nitrogens with one attached hydrogen (secondary N) is 3. The van der Waals surface area contributed by atoms with Gasteiger partial charge in [0.2, 0.25) is 0 Å². The predicted octanol–water partition coefficient (Wildman–Crippen LogP) is 1.91. The van der Waals surface area contributed by atoms with E-state index in [4.69, 9.17) is 16.3 Å². The minimum atomic E-state index is -3.91. The highest BCUT2D eigenvalue weighted by molar-refractivity contribution is 7.92. The fraction of sp³-hybridized carbons (Fsp3) is 0.0625. The van der Waals surface area contributed by atoms with Crippen molar-refractivity contribution in [2.75, 3.05) is 4.72 Å². The smallest absolute Gasteiger partial charge is 0.340 e. The van der Waals surface area contributed by atoms with E-state index in [1.807, 2.05) is 0 Å². The molecule has 3 aromatic rings. The normalized spacial score (nSPS) is 11.1.